The number of oxazole rings is 1. The van der Waals surface area contributed by atoms with Gasteiger partial charge in [-0.1, -0.05) is 5.16 Å². The third kappa shape index (κ3) is 5.44. The van der Waals surface area contributed by atoms with Crippen LogP contribution in [0.3, 0.4) is 0 Å². The molecule has 0 spiro atoms. The molecule has 0 aliphatic heterocycles. The van der Waals surface area contributed by atoms with Crippen LogP contribution in [-0.2, 0) is 10.3 Å². The van der Waals surface area contributed by atoms with Crippen LogP contribution in [-0.4, -0.2) is 23.1 Å². The molecule has 0 fully saturated rings. The fourth-order valence-corrected chi connectivity index (χ4v) is 0.943. The monoisotopic (exact) mass is 233 g/mol. The lowest BCUT2D eigenvalue weighted by Crippen LogP contribution is -2.10. The first-order chi connectivity index (χ1) is 7.08. The average molecular weight is 233 g/mol. The van der Waals surface area contributed by atoms with Crippen molar-refractivity contribution in [1.82, 2.24) is 10.1 Å². The predicted octanol–water partition coefficient (Wildman–Crippen LogP) is 0.564. The van der Waals surface area contributed by atoms with E-state index in [1.54, 1.807) is 10.9 Å². The molecule has 0 bridgehead atoms. The van der Waals surface area contributed by atoms with Gasteiger partial charge >= 0.3 is 10.3 Å². The Balaban J connectivity index is 0.000000187. The van der Waals surface area contributed by atoms with Gasteiger partial charge in [-0.2, -0.15) is 8.42 Å². The van der Waals surface area contributed by atoms with E-state index in [9.17, 15) is 8.42 Å². The Hall–Kier alpha value is -1.87. The Morgan fingerprint density at radius 2 is 2.20 bits per heavy atom. The average Bonchev–Trinajstić information content (AvgIpc) is 2.71. The van der Waals surface area contributed by atoms with Crippen molar-refractivity contribution in [3.05, 3.63) is 31.2 Å². The summed E-state index contributed by atoms with van der Waals surface area (Å²) in [5.41, 5.74) is 0. The van der Waals surface area contributed by atoms with Gasteiger partial charge in [-0.15, -0.1) is 0 Å². The molecule has 8 nitrogen and oxygen atoms in total. The number of rotatable bonds is 2. The highest BCUT2D eigenvalue weighted by molar-refractivity contribution is 7.87. The van der Waals surface area contributed by atoms with Crippen molar-refractivity contribution in [3.8, 4) is 0 Å². The predicted molar refractivity (Wildman–Crippen MR) is 48.2 cm³/mol. The van der Waals surface area contributed by atoms with Crippen molar-refractivity contribution in [2.75, 3.05) is 4.72 Å². The van der Waals surface area contributed by atoms with Crippen LogP contribution in [0, 0.1) is 0 Å². The Kier molecular flexibility index (Phi) is 3.83. The lowest BCUT2D eigenvalue weighted by Gasteiger charge is -1.92. The summed E-state index contributed by atoms with van der Waals surface area (Å²) in [5.74, 6) is -0.0532. The molecule has 2 rings (SSSR count). The molecule has 0 aliphatic carbocycles. The molecule has 2 heterocycles. The highest BCUT2D eigenvalue weighted by Crippen LogP contribution is 2.01. The van der Waals surface area contributed by atoms with Crippen LogP contribution in [0.1, 0.15) is 0 Å². The summed E-state index contributed by atoms with van der Waals surface area (Å²) < 4.78 is 38.7. The van der Waals surface area contributed by atoms with E-state index in [0.29, 0.717) is 0 Å². The summed E-state index contributed by atoms with van der Waals surface area (Å²) >= 11 is 0. The van der Waals surface area contributed by atoms with E-state index in [1.807, 2.05) is 0 Å². The van der Waals surface area contributed by atoms with E-state index >= 15 is 0 Å². The Labute approximate surface area is 84.8 Å². The maximum absolute atomic E-state index is 10.1. The number of nitrogens with one attached hydrogen (secondary N) is 1. The van der Waals surface area contributed by atoms with Crippen molar-refractivity contribution >= 4 is 16.1 Å². The number of hydrogen-bond acceptors (Lipinski definition) is 6. The molecule has 0 saturated heterocycles. The zero-order valence-corrected chi connectivity index (χ0v) is 8.09. The van der Waals surface area contributed by atoms with Gasteiger partial charge in [0.25, 0.3) is 0 Å². The summed E-state index contributed by atoms with van der Waals surface area (Å²) in [5, 5.41) is 3.18. The highest BCUT2D eigenvalue weighted by atomic mass is 32.2. The summed E-state index contributed by atoms with van der Waals surface area (Å²) in [6.07, 6.45) is 5.65. The number of aromatic nitrogens is 2. The molecule has 82 valence electrons. The molecule has 2 N–H and O–H groups in total. The summed E-state index contributed by atoms with van der Waals surface area (Å²) in [4.78, 5) is 3.56. The standard InChI is InChI=1S/C3H4N2O4S.C3H3NO/c6-10(7,8)5-3-1-2-9-4-3;1-2-5-3-4-1/h1-2H,(H,4,5)(H,6,7,8);1-3H. The maximum Gasteiger partial charge on any atom is 0.358 e. The quantitative estimate of drug-likeness (QED) is 0.727. The molecular formula is C6H7N3O5S. The molecule has 0 atom stereocenters. The van der Waals surface area contributed by atoms with Gasteiger partial charge in [-0.05, 0) is 0 Å². The van der Waals surface area contributed by atoms with Gasteiger partial charge in [-0.25, -0.2) is 9.71 Å². The number of nitrogens with zero attached hydrogens (tertiary/aromatic N) is 2. The van der Waals surface area contributed by atoms with Crippen molar-refractivity contribution in [3.63, 3.8) is 0 Å². The van der Waals surface area contributed by atoms with E-state index in [4.69, 9.17) is 4.55 Å². The van der Waals surface area contributed by atoms with E-state index in [1.165, 1.54) is 25.0 Å². The van der Waals surface area contributed by atoms with Crippen LogP contribution < -0.4 is 4.72 Å². The topological polar surface area (TPSA) is 118 Å². The summed E-state index contributed by atoms with van der Waals surface area (Å²) in [7, 11) is -4.22. The zero-order chi connectivity index (χ0) is 11.1. The minimum absolute atomic E-state index is 0.0532. The molecule has 15 heavy (non-hydrogen) atoms. The maximum atomic E-state index is 10.1. The first-order valence-electron chi connectivity index (χ1n) is 3.56. The third-order valence-corrected chi connectivity index (χ3v) is 1.49. The molecule has 0 amide bonds. The number of hydrogen-bond donors (Lipinski definition) is 2. The third-order valence-electron chi connectivity index (χ3n) is 1.02. The van der Waals surface area contributed by atoms with Crippen LogP contribution >= 0.6 is 0 Å². The van der Waals surface area contributed by atoms with Gasteiger partial charge in [0.2, 0.25) is 0 Å². The first-order valence-corrected chi connectivity index (χ1v) is 5.00. The minimum Gasteiger partial charge on any atom is -0.452 e. The molecule has 0 saturated carbocycles. The van der Waals surface area contributed by atoms with E-state index in [0.717, 1.165) is 0 Å². The second-order valence-corrected chi connectivity index (χ2v) is 3.29. The zero-order valence-electron chi connectivity index (χ0n) is 7.27. The summed E-state index contributed by atoms with van der Waals surface area (Å²) in [6, 6.07) is 1.26. The molecule has 2 aromatic rings. The Morgan fingerprint density at radius 1 is 1.40 bits per heavy atom. The van der Waals surface area contributed by atoms with E-state index < -0.39 is 10.3 Å². The van der Waals surface area contributed by atoms with Crippen molar-refractivity contribution in [2.24, 2.45) is 0 Å². The fraction of sp³-hybridized carbons (Fsp3) is 0. The normalized spacial score (nSPS) is 10.2. The first kappa shape index (κ1) is 11.2. The highest BCUT2D eigenvalue weighted by Gasteiger charge is 2.04. The smallest absolute Gasteiger partial charge is 0.358 e. The van der Waals surface area contributed by atoms with Gasteiger partial charge < -0.3 is 8.94 Å². The van der Waals surface area contributed by atoms with Gasteiger partial charge in [0.05, 0.1) is 6.20 Å². The molecule has 0 aromatic carbocycles. The van der Waals surface area contributed by atoms with Crippen molar-refractivity contribution in [2.45, 2.75) is 0 Å². The second-order valence-electron chi connectivity index (χ2n) is 2.14. The van der Waals surface area contributed by atoms with Crippen LogP contribution in [0.2, 0.25) is 0 Å². The molecule has 0 aliphatic rings. The molecular weight excluding hydrogens is 226 g/mol. The Bertz CT molecular complexity index is 432. The fourth-order valence-electron chi connectivity index (χ4n) is 0.573. The largest absolute Gasteiger partial charge is 0.452 e. The van der Waals surface area contributed by atoms with Crippen LogP contribution in [0.15, 0.2) is 40.1 Å². The second kappa shape index (κ2) is 5.12. The summed E-state index contributed by atoms with van der Waals surface area (Å²) in [6.45, 7) is 0. The lowest BCUT2D eigenvalue weighted by atomic mass is 10.7. The van der Waals surface area contributed by atoms with Gasteiger partial charge in [-0.3, -0.25) is 4.55 Å². The molecule has 0 radical (unpaired) electrons. The van der Waals surface area contributed by atoms with E-state index in [-0.39, 0.29) is 5.82 Å². The van der Waals surface area contributed by atoms with E-state index in [2.05, 4.69) is 19.1 Å². The Morgan fingerprint density at radius 3 is 2.53 bits per heavy atom. The lowest BCUT2D eigenvalue weighted by molar-refractivity contribution is 0.422. The minimum atomic E-state index is -4.22. The van der Waals surface area contributed by atoms with Crippen LogP contribution in [0.5, 0.6) is 0 Å². The van der Waals surface area contributed by atoms with Gasteiger partial charge in [0.15, 0.2) is 12.2 Å². The van der Waals surface area contributed by atoms with Gasteiger partial charge in [0.1, 0.15) is 12.5 Å². The number of anilines is 1. The van der Waals surface area contributed by atoms with Crippen molar-refractivity contribution < 1.29 is 21.9 Å². The van der Waals surface area contributed by atoms with Crippen molar-refractivity contribution in [1.29, 1.82) is 0 Å². The van der Waals surface area contributed by atoms with Gasteiger partial charge in [0, 0.05) is 6.07 Å². The van der Waals surface area contributed by atoms with Crippen LogP contribution in [0.25, 0.3) is 0 Å². The molecule has 0 unspecified atom stereocenters. The SMILES string of the molecule is O=S(=O)(O)Nc1ccon1.c1cocn1. The molecule has 2 aromatic heterocycles. The van der Waals surface area contributed by atoms with Crippen LogP contribution in [0.4, 0.5) is 5.82 Å². The molecule has 9 heteroatoms.